The first-order valence-electron chi connectivity index (χ1n) is 7.28. The second-order valence-electron chi connectivity index (χ2n) is 6.48. The second-order valence-corrected chi connectivity index (χ2v) is 8.24. The normalized spacial score (nSPS) is 38.7. The van der Waals surface area contributed by atoms with Gasteiger partial charge < -0.3 is 4.74 Å². The van der Waals surface area contributed by atoms with Gasteiger partial charge in [0.1, 0.15) is 5.75 Å². The summed E-state index contributed by atoms with van der Waals surface area (Å²) in [6, 6.07) is 3.84. The maximum Gasteiger partial charge on any atom is 0.137 e. The summed E-state index contributed by atoms with van der Waals surface area (Å²) in [7, 11) is 1.69. The van der Waals surface area contributed by atoms with Crippen LogP contribution >= 0.6 is 39.1 Å². The van der Waals surface area contributed by atoms with E-state index < -0.39 is 0 Å². The van der Waals surface area contributed by atoms with Crippen LogP contribution in [0.5, 0.6) is 5.75 Å². The van der Waals surface area contributed by atoms with Gasteiger partial charge in [0.05, 0.1) is 17.0 Å². The first-order chi connectivity index (χ1) is 9.61. The zero-order chi connectivity index (χ0) is 14.0. The number of hydrogen-bond donors (Lipinski definition) is 0. The van der Waals surface area contributed by atoms with Gasteiger partial charge in [-0.2, -0.15) is 0 Å². The first kappa shape index (κ1) is 13.7. The van der Waals surface area contributed by atoms with Gasteiger partial charge in [-0.15, -0.1) is 11.6 Å². The van der Waals surface area contributed by atoms with Gasteiger partial charge in [0, 0.05) is 10.6 Å². The van der Waals surface area contributed by atoms with E-state index in [-0.39, 0.29) is 5.38 Å². The van der Waals surface area contributed by atoms with Crippen LogP contribution in [0.15, 0.2) is 16.6 Å². The highest BCUT2D eigenvalue weighted by Crippen LogP contribution is 2.73. The van der Waals surface area contributed by atoms with Crippen molar-refractivity contribution in [2.75, 3.05) is 7.11 Å². The molecule has 5 unspecified atom stereocenters. The SMILES string of the molecule is COc1c(Br)cc(Cl)cc1C(Cl)C1C2C3CCC(C3)C21. The van der Waals surface area contributed by atoms with Crippen LogP contribution in [-0.2, 0) is 0 Å². The van der Waals surface area contributed by atoms with E-state index in [0.717, 1.165) is 39.5 Å². The van der Waals surface area contributed by atoms with Crippen LogP contribution in [0.25, 0.3) is 0 Å². The zero-order valence-corrected chi connectivity index (χ0v) is 14.4. The van der Waals surface area contributed by atoms with Crippen molar-refractivity contribution in [1.82, 2.24) is 0 Å². The van der Waals surface area contributed by atoms with Crippen LogP contribution in [0.2, 0.25) is 5.02 Å². The quantitative estimate of drug-likeness (QED) is 0.617. The molecule has 0 amide bonds. The first-order valence-corrected chi connectivity index (χ1v) is 8.89. The summed E-state index contributed by atoms with van der Waals surface area (Å²) in [6.45, 7) is 0. The second kappa shape index (κ2) is 4.79. The van der Waals surface area contributed by atoms with E-state index in [1.54, 1.807) is 7.11 Å². The van der Waals surface area contributed by atoms with E-state index in [2.05, 4.69) is 15.9 Å². The molecule has 20 heavy (non-hydrogen) atoms. The molecule has 3 aliphatic rings. The molecule has 1 aromatic rings. The number of benzene rings is 1. The van der Waals surface area contributed by atoms with Crippen molar-refractivity contribution >= 4 is 39.1 Å². The Hall–Kier alpha value is 0.0800. The van der Waals surface area contributed by atoms with E-state index in [0.29, 0.717) is 10.9 Å². The van der Waals surface area contributed by atoms with Crippen molar-refractivity contribution in [2.45, 2.75) is 24.6 Å². The number of fused-ring (bicyclic) bond motifs is 5. The van der Waals surface area contributed by atoms with Gasteiger partial charge in [-0.05, 0) is 76.9 Å². The Morgan fingerprint density at radius 3 is 2.50 bits per heavy atom. The Bertz CT molecular complexity index is 546. The lowest BCUT2D eigenvalue weighted by Crippen LogP contribution is -2.06. The number of alkyl halides is 1. The van der Waals surface area contributed by atoms with Crippen molar-refractivity contribution in [1.29, 1.82) is 0 Å². The van der Waals surface area contributed by atoms with Gasteiger partial charge in [0.25, 0.3) is 0 Å². The summed E-state index contributed by atoms with van der Waals surface area (Å²) in [6.07, 6.45) is 4.29. The average Bonchev–Trinajstić information content (AvgIpc) is 2.84. The molecule has 0 aliphatic heterocycles. The van der Waals surface area contributed by atoms with Crippen LogP contribution in [0, 0.1) is 29.6 Å². The fourth-order valence-electron chi connectivity index (χ4n) is 4.99. The molecule has 4 rings (SSSR count). The third kappa shape index (κ3) is 1.87. The van der Waals surface area contributed by atoms with E-state index in [9.17, 15) is 0 Å². The molecule has 1 nitrogen and oxygen atoms in total. The molecule has 0 radical (unpaired) electrons. The van der Waals surface area contributed by atoms with Gasteiger partial charge >= 0.3 is 0 Å². The third-order valence-corrected chi connectivity index (χ3v) is 7.00. The Kier molecular flexibility index (Phi) is 3.29. The van der Waals surface area contributed by atoms with Crippen molar-refractivity contribution in [3.05, 3.63) is 27.2 Å². The van der Waals surface area contributed by atoms with Gasteiger partial charge in [-0.25, -0.2) is 0 Å². The van der Waals surface area contributed by atoms with Crippen molar-refractivity contribution in [3.63, 3.8) is 0 Å². The average molecular weight is 376 g/mol. The predicted octanol–water partition coefficient (Wildman–Crippen LogP) is 5.68. The Balaban J connectivity index is 1.65. The van der Waals surface area contributed by atoms with Crippen LogP contribution in [0.1, 0.15) is 30.2 Å². The molecular weight excluding hydrogens is 359 g/mol. The van der Waals surface area contributed by atoms with Crippen LogP contribution in [0.3, 0.4) is 0 Å². The Morgan fingerprint density at radius 2 is 1.90 bits per heavy atom. The monoisotopic (exact) mass is 374 g/mol. The molecule has 3 fully saturated rings. The van der Waals surface area contributed by atoms with Gasteiger partial charge in [-0.3, -0.25) is 0 Å². The van der Waals surface area contributed by atoms with Crippen molar-refractivity contribution < 1.29 is 4.74 Å². The van der Waals surface area contributed by atoms with E-state index in [1.165, 1.54) is 19.3 Å². The molecule has 0 saturated heterocycles. The summed E-state index contributed by atoms with van der Waals surface area (Å²) in [4.78, 5) is 0. The third-order valence-electron chi connectivity index (χ3n) is 5.67. The van der Waals surface area contributed by atoms with Gasteiger partial charge in [0.15, 0.2) is 0 Å². The standard InChI is InChI=1S/C16H17BrCl2O/c1-20-16-10(5-9(18)6-11(16)17)15(19)14-12-7-2-3-8(4-7)13(12)14/h5-8,12-15H,2-4H2,1H3. The highest BCUT2D eigenvalue weighted by molar-refractivity contribution is 9.10. The van der Waals surface area contributed by atoms with Gasteiger partial charge in [-0.1, -0.05) is 11.6 Å². The van der Waals surface area contributed by atoms with Gasteiger partial charge in [0.2, 0.25) is 0 Å². The Morgan fingerprint density at radius 1 is 1.25 bits per heavy atom. The molecule has 3 aliphatic carbocycles. The van der Waals surface area contributed by atoms with E-state index in [4.69, 9.17) is 27.9 Å². The molecule has 108 valence electrons. The van der Waals surface area contributed by atoms with Crippen molar-refractivity contribution in [3.8, 4) is 5.75 Å². The fraction of sp³-hybridized carbons (Fsp3) is 0.625. The lowest BCUT2D eigenvalue weighted by Gasteiger charge is -2.18. The highest BCUT2D eigenvalue weighted by atomic mass is 79.9. The lowest BCUT2D eigenvalue weighted by atomic mass is 9.96. The molecule has 5 atom stereocenters. The van der Waals surface area contributed by atoms with Crippen molar-refractivity contribution in [2.24, 2.45) is 29.6 Å². The number of rotatable bonds is 3. The molecule has 0 heterocycles. The molecule has 1 aromatic carbocycles. The summed E-state index contributed by atoms with van der Waals surface area (Å²) >= 11 is 16.6. The fourth-order valence-corrected chi connectivity index (χ4v) is 6.49. The zero-order valence-electron chi connectivity index (χ0n) is 11.3. The van der Waals surface area contributed by atoms with Crippen LogP contribution < -0.4 is 4.74 Å². The largest absolute Gasteiger partial charge is 0.495 e. The predicted molar refractivity (Wildman–Crippen MR) is 85.6 cm³/mol. The molecule has 0 spiro atoms. The Labute approximate surface area is 138 Å². The number of methoxy groups -OCH3 is 1. The molecule has 0 aromatic heterocycles. The topological polar surface area (TPSA) is 9.23 Å². The summed E-state index contributed by atoms with van der Waals surface area (Å²) < 4.78 is 6.42. The summed E-state index contributed by atoms with van der Waals surface area (Å²) in [5.74, 6) is 5.06. The number of ether oxygens (including phenoxy) is 1. The smallest absolute Gasteiger partial charge is 0.137 e. The van der Waals surface area contributed by atoms with Crippen LogP contribution in [-0.4, -0.2) is 7.11 Å². The number of halogens is 3. The molecular formula is C16H17BrCl2O. The molecule has 4 heteroatoms. The molecule has 2 bridgehead atoms. The summed E-state index contributed by atoms with van der Waals surface area (Å²) in [5.41, 5.74) is 1.05. The molecule has 0 N–H and O–H groups in total. The van der Waals surface area contributed by atoms with E-state index in [1.807, 2.05) is 12.1 Å². The lowest BCUT2D eigenvalue weighted by molar-refractivity contribution is 0.398. The maximum atomic E-state index is 6.83. The molecule has 3 saturated carbocycles. The minimum absolute atomic E-state index is 0.0263. The summed E-state index contributed by atoms with van der Waals surface area (Å²) in [5, 5.41) is 0.741. The maximum absolute atomic E-state index is 6.83. The minimum Gasteiger partial charge on any atom is -0.495 e. The minimum atomic E-state index is 0.0263. The highest BCUT2D eigenvalue weighted by Gasteiger charge is 2.66. The van der Waals surface area contributed by atoms with E-state index >= 15 is 0 Å². The van der Waals surface area contributed by atoms with Crippen LogP contribution in [0.4, 0.5) is 0 Å². The number of hydrogen-bond acceptors (Lipinski definition) is 1.